The van der Waals surface area contributed by atoms with Gasteiger partial charge in [0, 0.05) is 6.54 Å². The van der Waals surface area contributed by atoms with Gasteiger partial charge in [-0.3, -0.25) is 4.98 Å². The molecule has 0 saturated heterocycles. The zero-order valence-corrected chi connectivity index (χ0v) is 8.90. The van der Waals surface area contributed by atoms with Crippen molar-refractivity contribution >= 4 is 17.6 Å². The Morgan fingerprint density at radius 1 is 1.38 bits per heavy atom. The van der Waals surface area contributed by atoms with Gasteiger partial charge >= 0.3 is 0 Å². The zero-order valence-electron chi connectivity index (χ0n) is 8.08. The van der Waals surface area contributed by atoms with Crippen molar-refractivity contribution in [2.45, 2.75) is 25.3 Å². The predicted octanol–water partition coefficient (Wildman–Crippen LogP) is 2.41. The van der Waals surface area contributed by atoms with Crippen LogP contribution in [0.25, 0.3) is 0 Å². The molecule has 0 atom stereocenters. The molecule has 13 heavy (non-hydrogen) atoms. The molecule has 0 aromatic carbocycles. The van der Waals surface area contributed by atoms with Crippen LogP contribution in [0, 0.1) is 0 Å². The smallest absolute Gasteiger partial charge is 0.145 e. The molecule has 0 saturated carbocycles. The molecule has 4 heteroatoms. The third-order valence-corrected chi connectivity index (χ3v) is 2.24. The van der Waals surface area contributed by atoms with Crippen LogP contribution in [0.5, 0.6) is 0 Å². The van der Waals surface area contributed by atoms with Crippen LogP contribution >= 0.6 is 11.8 Å². The maximum absolute atomic E-state index is 4.39. The van der Waals surface area contributed by atoms with E-state index < -0.39 is 0 Å². The Balaban J connectivity index is 2.56. The van der Waals surface area contributed by atoms with Gasteiger partial charge in [-0.05, 0) is 12.2 Å². The van der Waals surface area contributed by atoms with Gasteiger partial charge in [0.2, 0.25) is 0 Å². The molecule has 0 aliphatic carbocycles. The first-order valence-corrected chi connectivity index (χ1v) is 5.54. The highest BCUT2D eigenvalue weighted by Crippen LogP contribution is 2.14. The molecule has 0 spiro atoms. The molecule has 0 aliphatic heterocycles. The van der Waals surface area contributed by atoms with E-state index in [0.29, 0.717) is 0 Å². The summed E-state index contributed by atoms with van der Waals surface area (Å²) in [6.07, 6.45) is 4.66. The Morgan fingerprint density at radius 3 is 2.92 bits per heavy atom. The summed E-state index contributed by atoms with van der Waals surface area (Å²) in [6, 6.07) is 0. The lowest BCUT2D eigenvalue weighted by molar-refractivity contribution is 0.948. The van der Waals surface area contributed by atoms with Gasteiger partial charge in [0.05, 0.1) is 12.4 Å². The summed E-state index contributed by atoms with van der Waals surface area (Å²) in [7, 11) is 0. The second-order valence-electron chi connectivity index (χ2n) is 2.60. The maximum Gasteiger partial charge on any atom is 0.145 e. The van der Waals surface area contributed by atoms with Crippen molar-refractivity contribution in [3.8, 4) is 0 Å². The normalized spacial score (nSPS) is 10.0. The van der Waals surface area contributed by atoms with Crippen LogP contribution in [-0.2, 0) is 0 Å². The predicted molar refractivity (Wildman–Crippen MR) is 57.2 cm³/mol. The van der Waals surface area contributed by atoms with E-state index in [9.17, 15) is 0 Å². The third-order valence-electron chi connectivity index (χ3n) is 1.46. The van der Waals surface area contributed by atoms with Crippen molar-refractivity contribution in [2.24, 2.45) is 0 Å². The summed E-state index contributed by atoms with van der Waals surface area (Å²) in [6.45, 7) is 5.19. The molecular formula is C9H15N3S. The van der Waals surface area contributed by atoms with E-state index >= 15 is 0 Å². The number of rotatable bonds is 5. The molecule has 72 valence electrons. The fraction of sp³-hybridized carbons (Fsp3) is 0.556. The van der Waals surface area contributed by atoms with E-state index in [1.54, 1.807) is 24.2 Å². The van der Waals surface area contributed by atoms with Gasteiger partial charge in [0.25, 0.3) is 0 Å². The Hall–Kier alpha value is -0.770. The highest BCUT2D eigenvalue weighted by molar-refractivity contribution is 7.99. The number of aromatic nitrogens is 2. The van der Waals surface area contributed by atoms with Gasteiger partial charge in [-0.25, -0.2) is 4.98 Å². The van der Waals surface area contributed by atoms with Crippen LogP contribution in [0.3, 0.4) is 0 Å². The van der Waals surface area contributed by atoms with Crippen LogP contribution in [-0.4, -0.2) is 22.3 Å². The molecule has 1 rings (SSSR count). The van der Waals surface area contributed by atoms with E-state index in [-0.39, 0.29) is 0 Å². The van der Waals surface area contributed by atoms with Gasteiger partial charge in [-0.15, -0.1) is 11.8 Å². The third kappa shape index (κ3) is 3.63. The molecule has 3 nitrogen and oxygen atoms in total. The molecular weight excluding hydrogens is 182 g/mol. The number of nitrogens with zero attached hydrogens (tertiary/aromatic N) is 2. The van der Waals surface area contributed by atoms with Crippen LogP contribution in [0.15, 0.2) is 17.4 Å². The van der Waals surface area contributed by atoms with Crippen molar-refractivity contribution in [1.82, 2.24) is 9.97 Å². The Morgan fingerprint density at radius 2 is 2.23 bits per heavy atom. The molecule has 1 heterocycles. The minimum atomic E-state index is 0.875. The summed E-state index contributed by atoms with van der Waals surface area (Å²) in [5.74, 6) is 1.91. The van der Waals surface area contributed by atoms with Crippen LogP contribution in [0.1, 0.15) is 20.3 Å². The first kappa shape index (κ1) is 10.3. The standard InChI is InChI=1S/C9H15N3S/c1-3-5-11-8-6-10-7-9(12-8)13-4-2/h6-7H,3-5H2,1-2H3,(H,11,12). The molecule has 0 amide bonds. The Kier molecular flexibility index (Phi) is 4.60. The van der Waals surface area contributed by atoms with Gasteiger partial charge in [-0.2, -0.15) is 0 Å². The molecule has 0 radical (unpaired) electrons. The molecule has 0 fully saturated rings. The molecule has 0 bridgehead atoms. The lowest BCUT2D eigenvalue weighted by Crippen LogP contribution is -2.02. The van der Waals surface area contributed by atoms with E-state index in [1.807, 2.05) is 0 Å². The average molecular weight is 197 g/mol. The highest BCUT2D eigenvalue weighted by Gasteiger charge is 1.96. The number of thioether (sulfide) groups is 1. The van der Waals surface area contributed by atoms with Gasteiger partial charge in [0.1, 0.15) is 10.8 Å². The monoisotopic (exact) mass is 197 g/mol. The van der Waals surface area contributed by atoms with Crippen LogP contribution in [0.4, 0.5) is 5.82 Å². The van der Waals surface area contributed by atoms with E-state index in [4.69, 9.17) is 0 Å². The number of hydrogen-bond donors (Lipinski definition) is 1. The minimum absolute atomic E-state index is 0.875. The Bertz CT molecular complexity index is 252. The first-order valence-electron chi connectivity index (χ1n) is 4.55. The average Bonchev–Trinajstić information content (AvgIpc) is 2.16. The topological polar surface area (TPSA) is 37.8 Å². The van der Waals surface area contributed by atoms with Crippen molar-refractivity contribution in [2.75, 3.05) is 17.6 Å². The number of hydrogen-bond acceptors (Lipinski definition) is 4. The van der Waals surface area contributed by atoms with E-state index in [2.05, 4.69) is 29.1 Å². The zero-order chi connectivity index (χ0) is 9.52. The molecule has 1 aromatic rings. The SMILES string of the molecule is CCCNc1cncc(SCC)n1. The molecule has 0 unspecified atom stereocenters. The largest absolute Gasteiger partial charge is 0.369 e. The lowest BCUT2D eigenvalue weighted by atomic mass is 10.5. The fourth-order valence-electron chi connectivity index (χ4n) is 0.904. The fourth-order valence-corrected chi connectivity index (χ4v) is 1.50. The van der Waals surface area contributed by atoms with Gasteiger partial charge in [-0.1, -0.05) is 13.8 Å². The number of anilines is 1. The van der Waals surface area contributed by atoms with Gasteiger partial charge in [0.15, 0.2) is 0 Å². The van der Waals surface area contributed by atoms with Crippen LogP contribution < -0.4 is 5.32 Å². The summed E-state index contributed by atoms with van der Waals surface area (Å²) in [5.41, 5.74) is 0. The van der Waals surface area contributed by atoms with Crippen molar-refractivity contribution in [1.29, 1.82) is 0 Å². The van der Waals surface area contributed by atoms with E-state index in [1.165, 1.54) is 0 Å². The lowest BCUT2D eigenvalue weighted by Gasteiger charge is -2.03. The quantitative estimate of drug-likeness (QED) is 0.736. The molecule has 1 N–H and O–H groups in total. The van der Waals surface area contributed by atoms with E-state index in [0.717, 1.165) is 29.6 Å². The molecule has 1 aromatic heterocycles. The number of nitrogens with one attached hydrogen (secondary N) is 1. The second kappa shape index (κ2) is 5.80. The molecule has 0 aliphatic rings. The maximum atomic E-state index is 4.39. The van der Waals surface area contributed by atoms with Crippen LogP contribution in [0.2, 0.25) is 0 Å². The van der Waals surface area contributed by atoms with Gasteiger partial charge < -0.3 is 5.32 Å². The minimum Gasteiger partial charge on any atom is -0.369 e. The summed E-state index contributed by atoms with van der Waals surface area (Å²) in [4.78, 5) is 8.50. The highest BCUT2D eigenvalue weighted by atomic mass is 32.2. The Labute approximate surface area is 83.4 Å². The summed E-state index contributed by atoms with van der Waals surface area (Å²) in [5, 5.41) is 4.20. The summed E-state index contributed by atoms with van der Waals surface area (Å²) < 4.78 is 0. The van der Waals surface area contributed by atoms with Crippen molar-refractivity contribution in [3.63, 3.8) is 0 Å². The first-order chi connectivity index (χ1) is 6.36. The van der Waals surface area contributed by atoms with Crippen molar-refractivity contribution in [3.05, 3.63) is 12.4 Å². The van der Waals surface area contributed by atoms with Crippen molar-refractivity contribution < 1.29 is 0 Å². The summed E-state index contributed by atoms with van der Waals surface area (Å²) >= 11 is 1.71. The second-order valence-corrected chi connectivity index (χ2v) is 3.89.